The van der Waals surface area contributed by atoms with E-state index in [1.54, 1.807) is 4.40 Å². The van der Waals surface area contributed by atoms with E-state index in [1.807, 2.05) is 36.4 Å². The molecule has 0 bridgehead atoms. The van der Waals surface area contributed by atoms with E-state index < -0.39 is 13.3 Å². The van der Waals surface area contributed by atoms with Crippen molar-refractivity contribution in [3.05, 3.63) is 174 Å². The van der Waals surface area contributed by atoms with Crippen LogP contribution in [0.1, 0.15) is 42.0 Å². The third-order valence-corrected chi connectivity index (χ3v) is 14.2. The standard InChI is InChI=1S/C30H18NO.C18H24GeN.Ir/c1-2-11-20-19(9-1)10-7-14-22(20)28-24-13-3-5-17-26(24)31-29(28)25-16-8-15-23-21-12-4-6-18-27(21)32-30(23)25;1-14(2)11-16-12-18(15-9-7-6-8-10-15)20-13-17(16)19(3,4)5;/h1-15,17-18,28H;6-9,12-14H,11H2,1-5H3;/q2*-1;. The fourth-order valence-electron chi connectivity index (χ4n) is 7.55. The van der Waals surface area contributed by atoms with E-state index >= 15 is 0 Å². The molecule has 0 aliphatic carbocycles. The predicted octanol–water partition coefficient (Wildman–Crippen LogP) is 12.1. The average molecular weight is 928 g/mol. The normalized spacial score (nSPS) is 13.8. The van der Waals surface area contributed by atoms with Gasteiger partial charge in [0.05, 0.1) is 11.3 Å². The Morgan fingerprint density at radius 1 is 0.717 bits per heavy atom. The molecule has 0 spiro atoms. The molecule has 1 aliphatic rings. The topological polar surface area (TPSA) is 38.4 Å². The van der Waals surface area contributed by atoms with Gasteiger partial charge in [0.2, 0.25) is 0 Å². The number of para-hydroxylation sites is 2. The number of rotatable bonds is 6. The van der Waals surface area contributed by atoms with E-state index in [1.165, 1.54) is 27.5 Å². The minimum atomic E-state index is -1.86. The molecule has 53 heavy (non-hydrogen) atoms. The van der Waals surface area contributed by atoms with Crippen molar-refractivity contribution in [2.24, 2.45) is 10.9 Å². The van der Waals surface area contributed by atoms with Crippen LogP contribution in [0, 0.1) is 18.1 Å². The van der Waals surface area contributed by atoms with Gasteiger partial charge in [0.25, 0.3) is 0 Å². The molecule has 2 aromatic heterocycles. The van der Waals surface area contributed by atoms with Crippen LogP contribution in [-0.2, 0) is 26.5 Å². The van der Waals surface area contributed by atoms with Crippen LogP contribution in [0.5, 0.6) is 0 Å². The molecule has 3 nitrogen and oxygen atoms in total. The average Bonchev–Trinajstić information content (AvgIpc) is 3.73. The summed E-state index contributed by atoms with van der Waals surface area (Å²) in [6.45, 7) is 4.57. The Morgan fingerprint density at radius 2 is 1.43 bits per heavy atom. The van der Waals surface area contributed by atoms with Gasteiger partial charge in [-0.2, -0.15) is 0 Å². The summed E-state index contributed by atoms with van der Waals surface area (Å²) in [6, 6.07) is 52.9. The number of hydrogen-bond donors (Lipinski definition) is 0. The molecule has 1 unspecified atom stereocenters. The van der Waals surface area contributed by atoms with Crippen LogP contribution in [0.25, 0.3) is 44.0 Å². The Balaban J connectivity index is 0.000000180. The summed E-state index contributed by atoms with van der Waals surface area (Å²) in [5, 5.41) is 4.71. The Labute approximate surface area is 328 Å². The fourth-order valence-corrected chi connectivity index (χ4v) is 10.9. The molecule has 0 saturated carbocycles. The number of aromatic nitrogens is 1. The second-order valence-corrected chi connectivity index (χ2v) is 25.7. The molecule has 0 fully saturated rings. The second kappa shape index (κ2) is 15.4. The number of aliphatic imine (C=N–C) groups is 1. The maximum atomic E-state index is 6.35. The Bertz CT molecular complexity index is 2580. The molecule has 0 N–H and O–H groups in total. The monoisotopic (exact) mass is 929 g/mol. The van der Waals surface area contributed by atoms with Gasteiger partial charge in [0, 0.05) is 31.4 Å². The number of furan rings is 1. The van der Waals surface area contributed by atoms with Crippen LogP contribution in [0.15, 0.2) is 149 Å². The van der Waals surface area contributed by atoms with Gasteiger partial charge in [0.15, 0.2) is 0 Å². The van der Waals surface area contributed by atoms with Gasteiger partial charge in [-0.15, -0.1) is 18.2 Å². The van der Waals surface area contributed by atoms with Crippen LogP contribution in [0.4, 0.5) is 5.69 Å². The third kappa shape index (κ3) is 7.33. The van der Waals surface area contributed by atoms with Crippen molar-refractivity contribution in [2.45, 2.75) is 43.5 Å². The summed E-state index contributed by atoms with van der Waals surface area (Å²) in [7, 11) is 0. The van der Waals surface area contributed by atoms with Crippen LogP contribution in [-0.4, -0.2) is 24.0 Å². The Kier molecular flexibility index (Phi) is 10.7. The second-order valence-electron chi connectivity index (χ2n) is 15.1. The number of hydrogen-bond acceptors (Lipinski definition) is 3. The zero-order chi connectivity index (χ0) is 35.8. The minimum Gasteiger partial charge on any atom is -0.501 e. The SMILES string of the molecule is CC(C)Cc1cc(-c2[c-]cccc2)nc[c]1[Ge]([CH3])([CH3])[CH3].[Ir].[c-]1ccc2c(oc3ccccc32)c1C1=Nc2ccccc2C1c1cccc2ccccc12. The quantitative estimate of drug-likeness (QED) is 0.123. The summed E-state index contributed by atoms with van der Waals surface area (Å²) < 4.78 is 7.89. The van der Waals surface area contributed by atoms with E-state index in [0.717, 1.165) is 56.6 Å². The number of fused-ring (bicyclic) bond motifs is 5. The molecule has 8 aromatic rings. The van der Waals surface area contributed by atoms with E-state index in [4.69, 9.17) is 14.4 Å². The van der Waals surface area contributed by atoms with E-state index in [9.17, 15) is 0 Å². The summed E-state index contributed by atoms with van der Waals surface area (Å²) in [4.78, 5) is 9.83. The summed E-state index contributed by atoms with van der Waals surface area (Å²) in [6.07, 6.45) is 3.27. The van der Waals surface area contributed by atoms with E-state index in [0.29, 0.717) is 5.92 Å². The van der Waals surface area contributed by atoms with E-state index in [2.05, 4.69) is 147 Å². The Morgan fingerprint density at radius 3 is 2.23 bits per heavy atom. The van der Waals surface area contributed by atoms with Gasteiger partial charge >= 0.3 is 126 Å². The van der Waals surface area contributed by atoms with Crippen LogP contribution in [0.3, 0.4) is 0 Å². The van der Waals surface area contributed by atoms with Crippen LogP contribution >= 0.6 is 0 Å². The van der Waals surface area contributed by atoms with Crippen LogP contribution in [0.2, 0.25) is 17.3 Å². The Hall–Kier alpha value is -4.61. The van der Waals surface area contributed by atoms with Crippen molar-refractivity contribution in [2.75, 3.05) is 0 Å². The summed E-state index contributed by atoms with van der Waals surface area (Å²) >= 11 is -1.86. The first-order valence-electron chi connectivity index (χ1n) is 18.2. The summed E-state index contributed by atoms with van der Waals surface area (Å²) in [5.41, 5.74) is 10.8. The molecular formula is C48H42GeIrN2O-2. The van der Waals surface area contributed by atoms with Gasteiger partial charge < -0.3 is 4.42 Å². The zero-order valence-corrected chi connectivity index (χ0v) is 35.3. The minimum absolute atomic E-state index is 0. The molecule has 0 amide bonds. The third-order valence-electron chi connectivity index (χ3n) is 9.90. The largest absolute Gasteiger partial charge is 0.501 e. The molecule has 1 aliphatic heterocycles. The van der Waals surface area contributed by atoms with Crippen molar-refractivity contribution >= 4 is 61.8 Å². The van der Waals surface area contributed by atoms with Crippen molar-refractivity contribution < 1.29 is 24.5 Å². The van der Waals surface area contributed by atoms with Crippen molar-refractivity contribution in [1.29, 1.82) is 0 Å². The molecule has 0 saturated heterocycles. The predicted molar refractivity (Wildman–Crippen MR) is 221 cm³/mol. The van der Waals surface area contributed by atoms with Crippen molar-refractivity contribution in [1.82, 2.24) is 4.98 Å². The molecule has 1 atom stereocenters. The first-order chi connectivity index (χ1) is 25.3. The first-order valence-corrected chi connectivity index (χ1v) is 25.5. The van der Waals surface area contributed by atoms with Gasteiger partial charge in [-0.25, -0.2) is 0 Å². The summed E-state index contributed by atoms with van der Waals surface area (Å²) in [5.74, 6) is 8.01. The molecular weight excluding hydrogens is 885 g/mol. The zero-order valence-electron chi connectivity index (χ0n) is 30.8. The number of pyridine rings is 1. The van der Waals surface area contributed by atoms with E-state index in [-0.39, 0.29) is 26.0 Å². The van der Waals surface area contributed by atoms with Gasteiger partial charge in [-0.1, -0.05) is 89.8 Å². The first kappa shape index (κ1) is 36.7. The van der Waals surface area contributed by atoms with Crippen LogP contribution < -0.4 is 4.40 Å². The molecule has 3 heterocycles. The van der Waals surface area contributed by atoms with Gasteiger partial charge in [0.1, 0.15) is 5.58 Å². The maximum absolute atomic E-state index is 6.35. The number of benzene rings is 6. The van der Waals surface area contributed by atoms with Gasteiger partial charge in [-0.3, -0.25) is 4.99 Å². The molecule has 6 aromatic carbocycles. The molecule has 5 heteroatoms. The molecule has 265 valence electrons. The fraction of sp³-hybridized carbons (Fsp3) is 0.167. The molecule has 9 rings (SSSR count). The molecule has 1 radical (unpaired) electrons. The van der Waals surface area contributed by atoms with Crippen molar-refractivity contribution in [3.63, 3.8) is 0 Å². The van der Waals surface area contributed by atoms with Crippen molar-refractivity contribution in [3.8, 4) is 11.3 Å². The van der Waals surface area contributed by atoms with Gasteiger partial charge in [-0.05, 0) is 39.7 Å². The maximum Gasteiger partial charge on any atom is 0.120 e. The number of nitrogens with zero attached hydrogens (tertiary/aromatic N) is 2. The smallest absolute Gasteiger partial charge is 0.120 e.